The number of benzene rings is 4. The van der Waals surface area contributed by atoms with E-state index in [0.717, 1.165) is 15.9 Å². The maximum absolute atomic E-state index is 15.4. The van der Waals surface area contributed by atoms with Gasteiger partial charge < -0.3 is 18.8 Å². The van der Waals surface area contributed by atoms with Crippen LogP contribution in [-0.2, 0) is 39.7 Å². The molecule has 1 aliphatic rings. The third kappa shape index (κ3) is 9.20. The van der Waals surface area contributed by atoms with E-state index < -0.39 is 73.3 Å². The fourth-order valence-corrected chi connectivity index (χ4v) is 12.9. The molecule has 1 heterocycles. The number of nitro groups is 1. The highest BCUT2D eigenvalue weighted by molar-refractivity contribution is 7.96. The van der Waals surface area contributed by atoms with Gasteiger partial charge in [0.1, 0.15) is 12.0 Å². The summed E-state index contributed by atoms with van der Waals surface area (Å²) in [5.74, 6) is -4.81. The number of nitro benzene ring substituents is 1. The number of carbonyl (C=O) groups excluding carboxylic acids is 4. The fourth-order valence-electron chi connectivity index (χ4n) is 7.08. The molecule has 4 aromatic rings. The van der Waals surface area contributed by atoms with Crippen molar-refractivity contribution in [3.8, 4) is 0 Å². The lowest BCUT2D eigenvalue weighted by Crippen LogP contribution is -2.71. The van der Waals surface area contributed by atoms with Crippen LogP contribution >= 0.6 is 6.89 Å². The molecule has 4 aromatic carbocycles. The molecule has 1 amide bonds. The zero-order valence-corrected chi connectivity index (χ0v) is 37.4. The molecule has 0 aromatic heterocycles. The van der Waals surface area contributed by atoms with Crippen molar-refractivity contribution in [1.29, 1.82) is 0 Å². The highest BCUT2D eigenvalue weighted by atomic mass is 31.2. The Morgan fingerprint density at radius 1 is 0.780 bits per heavy atom. The summed E-state index contributed by atoms with van der Waals surface area (Å²) in [6.07, 6.45) is -0.687. The summed E-state index contributed by atoms with van der Waals surface area (Å²) in [7, 11) is -2.49. The van der Waals surface area contributed by atoms with Crippen molar-refractivity contribution in [3.05, 3.63) is 131 Å². The van der Waals surface area contributed by atoms with Gasteiger partial charge in [0, 0.05) is 19.0 Å². The van der Waals surface area contributed by atoms with E-state index in [9.17, 15) is 19.7 Å². The highest BCUT2D eigenvalue weighted by Crippen LogP contribution is 2.51. The number of hydrogen-bond acceptors (Lipinski definition) is 9. The van der Waals surface area contributed by atoms with Crippen molar-refractivity contribution in [3.63, 3.8) is 0 Å². The second-order valence-corrected chi connectivity index (χ2v) is 25.6. The maximum atomic E-state index is 15.4. The van der Waals surface area contributed by atoms with Gasteiger partial charge >= 0.3 is 17.9 Å². The number of non-ortho nitro benzene ring substituents is 1. The quantitative estimate of drug-likeness (QED) is 0.0251. The van der Waals surface area contributed by atoms with Gasteiger partial charge in [0.05, 0.1) is 34.3 Å². The SMILES string of the molecule is C[C@@H](O[Si](C)(C)C(C)(C)C)[C@H]1C(=O)N(C(C(=O)OCc2ccc([N+](=O)[O-])cc2)=P(c2ccccc2)(c2ccccc2)c2ccccc2)[C@H]1[C@@H](C)C(=O)OC(=O)C(C)(C)C. The van der Waals surface area contributed by atoms with E-state index in [1.54, 1.807) is 27.7 Å². The minimum absolute atomic E-state index is 0.0376. The first-order valence-corrected chi connectivity index (χ1v) is 24.4. The number of nitrogens with zero attached hydrogens (tertiary/aromatic N) is 2. The maximum Gasteiger partial charge on any atom is 0.356 e. The average molecular weight is 839 g/mol. The largest absolute Gasteiger partial charge is 0.456 e. The second kappa shape index (κ2) is 17.6. The zero-order valence-electron chi connectivity index (χ0n) is 35.5. The van der Waals surface area contributed by atoms with Crippen LogP contribution in [0.25, 0.3) is 0 Å². The summed E-state index contributed by atoms with van der Waals surface area (Å²) in [5.41, 5.74) is -0.578. The van der Waals surface area contributed by atoms with Gasteiger partial charge in [-0.05, 0) is 86.4 Å². The first-order chi connectivity index (χ1) is 27.6. The molecule has 4 atom stereocenters. The Morgan fingerprint density at radius 3 is 1.64 bits per heavy atom. The highest BCUT2D eigenvalue weighted by Gasteiger charge is 2.60. The van der Waals surface area contributed by atoms with E-state index >= 15 is 9.59 Å². The Hall–Kier alpha value is -5.16. The van der Waals surface area contributed by atoms with E-state index in [2.05, 4.69) is 33.9 Å². The van der Waals surface area contributed by atoms with Gasteiger partial charge in [-0.3, -0.25) is 24.5 Å². The number of rotatable bonds is 13. The van der Waals surface area contributed by atoms with E-state index in [1.165, 1.54) is 29.2 Å². The van der Waals surface area contributed by atoms with Crippen LogP contribution in [0.3, 0.4) is 0 Å². The summed E-state index contributed by atoms with van der Waals surface area (Å²) in [4.78, 5) is 70.3. The van der Waals surface area contributed by atoms with Crippen molar-refractivity contribution in [1.82, 2.24) is 4.90 Å². The first-order valence-electron chi connectivity index (χ1n) is 19.7. The number of β-lactam (4-membered cyclic amide) rings is 1. The summed E-state index contributed by atoms with van der Waals surface area (Å²) >= 11 is 0. The number of esters is 3. The lowest BCUT2D eigenvalue weighted by atomic mass is 9.76. The zero-order chi connectivity index (χ0) is 43.5. The molecule has 0 N–H and O–H groups in total. The number of ether oxygens (including phenoxy) is 2. The molecule has 0 bridgehead atoms. The predicted molar refractivity (Wildman–Crippen MR) is 235 cm³/mol. The Morgan fingerprint density at radius 2 is 1.24 bits per heavy atom. The third-order valence-electron chi connectivity index (χ3n) is 11.3. The van der Waals surface area contributed by atoms with Gasteiger partial charge in [-0.2, -0.15) is 0 Å². The molecule has 13 heteroatoms. The fraction of sp³-hybridized carbons (Fsp3) is 0.370. The van der Waals surface area contributed by atoms with Crippen LogP contribution in [0.4, 0.5) is 5.69 Å². The molecule has 5 rings (SSSR count). The minimum Gasteiger partial charge on any atom is -0.456 e. The van der Waals surface area contributed by atoms with Gasteiger partial charge in [-0.1, -0.05) is 112 Å². The summed E-state index contributed by atoms with van der Waals surface area (Å²) in [6, 6.07) is 33.1. The van der Waals surface area contributed by atoms with Crippen LogP contribution < -0.4 is 15.9 Å². The molecule has 11 nitrogen and oxygen atoms in total. The average Bonchev–Trinajstić information content (AvgIpc) is 3.18. The van der Waals surface area contributed by atoms with E-state index in [1.807, 2.05) is 97.9 Å². The first kappa shape index (κ1) is 44.9. The van der Waals surface area contributed by atoms with Crippen LogP contribution in [0.5, 0.6) is 0 Å². The Kier molecular flexibility index (Phi) is 13.4. The predicted octanol–water partition coefficient (Wildman–Crippen LogP) is 7.75. The molecule has 1 saturated heterocycles. The Bertz CT molecular complexity index is 2130. The van der Waals surface area contributed by atoms with Crippen LogP contribution in [0.2, 0.25) is 18.1 Å². The van der Waals surface area contributed by atoms with Crippen molar-refractivity contribution < 1.29 is 38.0 Å². The molecular formula is C46H55N2O9PSi. The van der Waals surface area contributed by atoms with E-state index in [-0.39, 0.29) is 22.8 Å². The summed E-state index contributed by atoms with van der Waals surface area (Å²) in [5, 5.41) is 13.4. The number of amides is 1. The van der Waals surface area contributed by atoms with Crippen LogP contribution in [0.1, 0.15) is 61.0 Å². The Balaban J connectivity index is 1.84. The molecular weight excluding hydrogens is 784 g/mol. The second-order valence-electron chi connectivity index (χ2n) is 17.6. The monoisotopic (exact) mass is 838 g/mol. The normalized spacial score (nSPS) is 17.0. The van der Waals surface area contributed by atoms with Crippen molar-refractivity contribution in [2.45, 2.75) is 92.3 Å². The number of likely N-dealkylation sites (tertiary alicyclic amines) is 1. The van der Waals surface area contributed by atoms with Gasteiger partial charge in [-0.15, -0.1) is 0 Å². The Labute approximate surface area is 348 Å². The molecule has 0 spiro atoms. The van der Waals surface area contributed by atoms with Gasteiger partial charge in [-0.25, -0.2) is 4.79 Å². The standard InChI is InChI=1S/C46H55N2O9PSi/c1-31(42(50)56-44(52)45(3,4)5)39-38(32(2)57-59(9,10)46(6,7)8)40(49)47(39)41(43(51)55-30-33-26-28-34(29-27-33)48(53)54)58(35-20-14-11-15-21-35,36-22-16-12-17-23-36)37-24-18-13-19-25-37/h11-29,31-32,38-39H,30H2,1-10H3/t31-,32-,38-,39+/m1/s1. The minimum atomic E-state index is -3.40. The lowest BCUT2D eigenvalue weighted by molar-refractivity contribution is -0.384. The van der Waals surface area contributed by atoms with E-state index in [4.69, 9.17) is 13.9 Å². The third-order valence-corrected chi connectivity index (χ3v) is 20.2. The molecule has 59 heavy (non-hydrogen) atoms. The molecule has 1 aliphatic heterocycles. The van der Waals surface area contributed by atoms with Crippen LogP contribution in [0.15, 0.2) is 115 Å². The molecule has 0 radical (unpaired) electrons. The van der Waals surface area contributed by atoms with Gasteiger partial charge in [0.15, 0.2) is 8.32 Å². The smallest absolute Gasteiger partial charge is 0.356 e. The molecule has 0 saturated carbocycles. The topological polar surface area (TPSA) is 142 Å². The van der Waals surface area contributed by atoms with Crippen molar-refractivity contribution in [2.75, 3.05) is 0 Å². The van der Waals surface area contributed by atoms with Crippen molar-refractivity contribution >= 4 is 66.0 Å². The summed E-state index contributed by atoms with van der Waals surface area (Å²) < 4.78 is 18.5. The van der Waals surface area contributed by atoms with Crippen LogP contribution in [0, 0.1) is 27.4 Å². The van der Waals surface area contributed by atoms with Crippen LogP contribution in [-0.4, -0.2) is 59.5 Å². The lowest BCUT2D eigenvalue weighted by Gasteiger charge is -2.54. The van der Waals surface area contributed by atoms with Crippen molar-refractivity contribution in [2.24, 2.45) is 17.3 Å². The van der Waals surface area contributed by atoms with E-state index in [0.29, 0.717) is 5.56 Å². The summed E-state index contributed by atoms with van der Waals surface area (Å²) in [6.45, 7) is 15.2. The van der Waals surface area contributed by atoms with Gasteiger partial charge in [0.2, 0.25) is 5.91 Å². The molecule has 0 aliphatic carbocycles. The molecule has 0 unspecified atom stereocenters. The number of carbonyl (C=O) groups is 4. The molecule has 312 valence electrons. The van der Waals surface area contributed by atoms with Gasteiger partial charge in [0.25, 0.3) is 5.69 Å². The molecule has 1 fully saturated rings. The number of hydrogen-bond donors (Lipinski definition) is 0.